The SMILES string of the molecule is CC1CCC(C(N)=O)CN1c1nccc(C#N)c1Cl. The molecule has 2 heterocycles. The maximum atomic E-state index is 11.3. The first-order chi connectivity index (χ1) is 9.04. The fourth-order valence-corrected chi connectivity index (χ4v) is 2.62. The number of hydrogen-bond donors (Lipinski definition) is 1. The molecule has 0 bridgehead atoms. The first-order valence-corrected chi connectivity index (χ1v) is 6.53. The summed E-state index contributed by atoms with van der Waals surface area (Å²) in [5, 5.41) is 9.33. The molecule has 6 heteroatoms. The number of pyridine rings is 1. The van der Waals surface area contributed by atoms with E-state index in [4.69, 9.17) is 22.6 Å². The van der Waals surface area contributed by atoms with Crippen LogP contribution in [0.3, 0.4) is 0 Å². The van der Waals surface area contributed by atoms with Crippen LogP contribution in [0.15, 0.2) is 12.3 Å². The highest BCUT2D eigenvalue weighted by Gasteiger charge is 2.30. The number of aromatic nitrogens is 1. The second-order valence-corrected chi connectivity index (χ2v) is 5.16. The molecule has 1 aliphatic heterocycles. The summed E-state index contributed by atoms with van der Waals surface area (Å²) in [5.74, 6) is 0.0587. The Bertz CT molecular complexity index is 540. The minimum atomic E-state index is -0.301. The Kier molecular flexibility index (Phi) is 3.91. The molecule has 2 N–H and O–H groups in total. The number of carbonyl (C=O) groups excluding carboxylic acids is 1. The van der Waals surface area contributed by atoms with Crippen molar-refractivity contribution in [3.63, 3.8) is 0 Å². The van der Waals surface area contributed by atoms with Crippen LogP contribution >= 0.6 is 11.6 Å². The molecule has 5 nitrogen and oxygen atoms in total. The van der Waals surface area contributed by atoms with Gasteiger partial charge in [0.2, 0.25) is 5.91 Å². The Morgan fingerprint density at radius 1 is 1.63 bits per heavy atom. The van der Waals surface area contributed by atoms with Gasteiger partial charge in [-0.3, -0.25) is 4.79 Å². The number of nitrogens with zero attached hydrogens (tertiary/aromatic N) is 3. The van der Waals surface area contributed by atoms with Crippen molar-refractivity contribution < 1.29 is 4.79 Å². The van der Waals surface area contributed by atoms with E-state index in [0.29, 0.717) is 22.9 Å². The molecule has 100 valence electrons. The molecule has 2 atom stereocenters. The monoisotopic (exact) mass is 278 g/mol. The molecule has 19 heavy (non-hydrogen) atoms. The third-order valence-electron chi connectivity index (χ3n) is 3.55. The van der Waals surface area contributed by atoms with Gasteiger partial charge in [-0.25, -0.2) is 4.98 Å². The van der Waals surface area contributed by atoms with Crippen molar-refractivity contribution in [3.05, 3.63) is 22.8 Å². The fraction of sp³-hybridized carbons (Fsp3) is 0.462. The normalized spacial score (nSPS) is 22.9. The highest BCUT2D eigenvalue weighted by molar-refractivity contribution is 6.34. The molecule has 0 spiro atoms. The number of rotatable bonds is 2. The first kappa shape index (κ1) is 13.6. The maximum Gasteiger partial charge on any atom is 0.222 e. The third kappa shape index (κ3) is 2.64. The largest absolute Gasteiger partial charge is 0.369 e. The minimum absolute atomic E-state index is 0.195. The molecule has 1 fully saturated rings. The molecule has 0 saturated carbocycles. The Labute approximate surface area is 117 Å². The van der Waals surface area contributed by atoms with Gasteiger partial charge in [0.25, 0.3) is 0 Å². The zero-order chi connectivity index (χ0) is 14.0. The zero-order valence-corrected chi connectivity index (χ0v) is 11.4. The lowest BCUT2D eigenvalue weighted by atomic mass is 9.93. The predicted molar refractivity (Wildman–Crippen MR) is 72.7 cm³/mol. The van der Waals surface area contributed by atoms with Gasteiger partial charge in [0.15, 0.2) is 0 Å². The standard InChI is InChI=1S/C13H15ClN4O/c1-8-2-3-10(12(16)19)7-18(8)13-11(14)9(6-15)4-5-17-13/h4-5,8,10H,2-3,7H2,1H3,(H2,16,19). The van der Waals surface area contributed by atoms with Crippen LogP contribution in [-0.2, 0) is 4.79 Å². The molecular formula is C13H15ClN4O. The van der Waals surface area contributed by atoms with Crippen molar-refractivity contribution in [3.8, 4) is 6.07 Å². The molecule has 1 saturated heterocycles. The van der Waals surface area contributed by atoms with Crippen LogP contribution in [0.1, 0.15) is 25.3 Å². The Morgan fingerprint density at radius 2 is 2.37 bits per heavy atom. The van der Waals surface area contributed by atoms with E-state index in [0.717, 1.165) is 12.8 Å². The summed E-state index contributed by atoms with van der Waals surface area (Å²) in [6, 6.07) is 3.83. The molecule has 0 aliphatic carbocycles. The molecule has 1 aliphatic rings. The topological polar surface area (TPSA) is 83.0 Å². The summed E-state index contributed by atoms with van der Waals surface area (Å²) in [4.78, 5) is 17.5. The molecule has 1 aromatic rings. The van der Waals surface area contributed by atoms with E-state index in [2.05, 4.69) is 4.98 Å². The van der Waals surface area contributed by atoms with E-state index < -0.39 is 0 Å². The van der Waals surface area contributed by atoms with Gasteiger partial charge in [-0.15, -0.1) is 0 Å². The van der Waals surface area contributed by atoms with Gasteiger partial charge < -0.3 is 10.6 Å². The number of hydrogen-bond acceptors (Lipinski definition) is 4. The van der Waals surface area contributed by atoms with Crippen LogP contribution in [-0.4, -0.2) is 23.5 Å². The molecule has 2 rings (SSSR count). The maximum absolute atomic E-state index is 11.3. The number of anilines is 1. The summed E-state index contributed by atoms with van der Waals surface area (Å²) >= 11 is 6.19. The fourth-order valence-electron chi connectivity index (χ4n) is 2.35. The number of primary amides is 1. The van der Waals surface area contributed by atoms with Crippen LogP contribution in [0.2, 0.25) is 5.02 Å². The second-order valence-electron chi connectivity index (χ2n) is 4.79. The predicted octanol–water partition coefficient (Wildman–Crippen LogP) is 1.70. The van der Waals surface area contributed by atoms with E-state index in [1.165, 1.54) is 0 Å². The number of halogens is 1. The highest BCUT2D eigenvalue weighted by atomic mass is 35.5. The van der Waals surface area contributed by atoms with Crippen LogP contribution in [0.5, 0.6) is 0 Å². The van der Waals surface area contributed by atoms with Crippen molar-refractivity contribution >= 4 is 23.3 Å². The summed E-state index contributed by atoms with van der Waals surface area (Å²) in [5.41, 5.74) is 5.76. The summed E-state index contributed by atoms with van der Waals surface area (Å²) in [6.45, 7) is 2.55. The average Bonchev–Trinajstić information content (AvgIpc) is 2.39. The molecular weight excluding hydrogens is 264 g/mol. The third-order valence-corrected chi connectivity index (χ3v) is 3.92. The van der Waals surface area contributed by atoms with Gasteiger partial charge in [0.1, 0.15) is 16.9 Å². The molecule has 2 unspecified atom stereocenters. The quantitative estimate of drug-likeness (QED) is 0.892. The van der Waals surface area contributed by atoms with Crippen molar-refractivity contribution in [2.75, 3.05) is 11.4 Å². The highest BCUT2D eigenvalue weighted by Crippen LogP contribution is 2.32. The summed E-state index contributed by atoms with van der Waals surface area (Å²) in [6.07, 6.45) is 3.19. The number of carbonyl (C=O) groups is 1. The van der Waals surface area contributed by atoms with E-state index in [1.807, 2.05) is 17.9 Å². The number of amides is 1. The van der Waals surface area contributed by atoms with Crippen molar-refractivity contribution in [2.24, 2.45) is 11.7 Å². The van der Waals surface area contributed by atoms with Crippen LogP contribution in [0.25, 0.3) is 0 Å². The lowest BCUT2D eigenvalue weighted by molar-refractivity contribution is -0.122. The van der Waals surface area contributed by atoms with Gasteiger partial charge >= 0.3 is 0 Å². The number of nitriles is 1. The molecule has 0 radical (unpaired) electrons. The lowest BCUT2D eigenvalue weighted by Crippen LogP contribution is -2.46. The van der Waals surface area contributed by atoms with Gasteiger partial charge in [-0.1, -0.05) is 11.6 Å². The van der Waals surface area contributed by atoms with Gasteiger partial charge in [0, 0.05) is 18.8 Å². The summed E-state index contributed by atoms with van der Waals surface area (Å²) in [7, 11) is 0. The van der Waals surface area contributed by atoms with Crippen LogP contribution < -0.4 is 10.6 Å². The van der Waals surface area contributed by atoms with E-state index in [9.17, 15) is 4.79 Å². The van der Waals surface area contributed by atoms with Crippen LogP contribution in [0, 0.1) is 17.2 Å². The van der Waals surface area contributed by atoms with Gasteiger partial charge in [-0.05, 0) is 25.8 Å². The number of piperidine rings is 1. The summed E-state index contributed by atoms with van der Waals surface area (Å²) < 4.78 is 0. The van der Waals surface area contributed by atoms with Crippen molar-refractivity contribution in [1.29, 1.82) is 5.26 Å². The zero-order valence-electron chi connectivity index (χ0n) is 10.6. The Hall–Kier alpha value is -1.80. The van der Waals surface area contributed by atoms with Gasteiger partial charge in [0.05, 0.1) is 11.5 Å². The Morgan fingerprint density at radius 3 is 3.00 bits per heavy atom. The van der Waals surface area contributed by atoms with E-state index in [-0.39, 0.29) is 17.9 Å². The molecule has 1 aromatic heterocycles. The molecule has 1 amide bonds. The lowest BCUT2D eigenvalue weighted by Gasteiger charge is -2.38. The van der Waals surface area contributed by atoms with E-state index in [1.54, 1.807) is 12.3 Å². The van der Waals surface area contributed by atoms with Crippen LogP contribution in [0.4, 0.5) is 5.82 Å². The van der Waals surface area contributed by atoms with Crippen molar-refractivity contribution in [2.45, 2.75) is 25.8 Å². The smallest absolute Gasteiger partial charge is 0.222 e. The van der Waals surface area contributed by atoms with Crippen molar-refractivity contribution in [1.82, 2.24) is 4.98 Å². The minimum Gasteiger partial charge on any atom is -0.369 e. The first-order valence-electron chi connectivity index (χ1n) is 6.15. The van der Waals surface area contributed by atoms with E-state index >= 15 is 0 Å². The average molecular weight is 279 g/mol. The Balaban J connectivity index is 2.34. The second kappa shape index (κ2) is 5.45. The van der Waals surface area contributed by atoms with Gasteiger partial charge in [-0.2, -0.15) is 5.26 Å². The molecule has 0 aromatic carbocycles. The number of nitrogens with two attached hydrogens (primary N) is 1.